The van der Waals surface area contributed by atoms with E-state index < -0.39 is 0 Å². The summed E-state index contributed by atoms with van der Waals surface area (Å²) < 4.78 is 14.5. The Morgan fingerprint density at radius 1 is 1.21 bits per heavy atom. The summed E-state index contributed by atoms with van der Waals surface area (Å²) in [4.78, 5) is 12.6. The predicted octanol–water partition coefficient (Wildman–Crippen LogP) is 7.20. The zero-order valence-corrected chi connectivity index (χ0v) is 21.5. The first-order chi connectivity index (χ1) is 16.3. The van der Waals surface area contributed by atoms with E-state index in [9.17, 15) is 4.79 Å². The molecule has 34 heavy (non-hydrogen) atoms. The average molecular weight is 543 g/mol. The molecule has 0 atom stereocenters. The van der Waals surface area contributed by atoms with Crippen molar-refractivity contribution in [2.45, 2.75) is 39.8 Å². The summed E-state index contributed by atoms with van der Waals surface area (Å²) in [6.07, 6.45) is 3.39. The van der Waals surface area contributed by atoms with E-state index in [2.05, 4.69) is 40.2 Å². The molecule has 0 aliphatic rings. The van der Waals surface area contributed by atoms with Gasteiger partial charge >= 0.3 is 0 Å². The van der Waals surface area contributed by atoms with E-state index >= 15 is 0 Å². The maximum atomic E-state index is 12.6. The predicted molar refractivity (Wildman–Crippen MR) is 137 cm³/mol. The Morgan fingerprint density at radius 3 is 2.71 bits per heavy atom. The maximum Gasteiger partial charge on any atom is 0.291 e. The standard InChI is InChI=1S/C26H25BrClN3O3/c1-16(2)22-11-23(28)17(3)10-25(22)33-15-21-8-9-24(34-21)26(32)30-20-12-29-31(14-20)13-18-4-6-19(27)7-5-18/h4-12,14,16H,13,15H2,1-3H3,(H,30,32). The van der Waals surface area contributed by atoms with Gasteiger partial charge in [-0.2, -0.15) is 5.10 Å². The highest BCUT2D eigenvalue weighted by atomic mass is 79.9. The number of aryl methyl sites for hydroxylation is 1. The van der Waals surface area contributed by atoms with Crippen molar-refractivity contribution in [1.82, 2.24) is 9.78 Å². The number of amides is 1. The number of hydrogen-bond donors (Lipinski definition) is 1. The molecule has 2 heterocycles. The molecule has 1 N–H and O–H groups in total. The lowest BCUT2D eigenvalue weighted by Gasteiger charge is -2.15. The van der Waals surface area contributed by atoms with Crippen molar-refractivity contribution in [3.05, 3.63) is 98.6 Å². The van der Waals surface area contributed by atoms with E-state index in [4.69, 9.17) is 20.8 Å². The van der Waals surface area contributed by atoms with Crippen LogP contribution in [0.4, 0.5) is 5.69 Å². The van der Waals surface area contributed by atoms with Gasteiger partial charge in [-0.05, 0) is 65.9 Å². The van der Waals surface area contributed by atoms with Crippen LogP contribution >= 0.6 is 27.5 Å². The molecule has 0 saturated heterocycles. The highest BCUT2D eigenvalue weighted by molar-refractivity contribution is 9.10. The summed E-state index contributed by atoms with van der Waals surface area (Å²) in [5.74, 6) is 1.43. The van der Waals surface area contributed by atoms with Gasteiger partial charge in [-0.3, -0.25) is 9.48 Å². The van der Waals surface area contributed by atoms with E-state index in [-0.39, 0.29) is 24.2 Å². The number of aromatic nitrogens is 2. The van der Waals surface area contributed by atoms with Crippen LogP contribution in [-0.2, 0) is 13.2 Å². The minimum Gasteiger partial charge on any atom is -0.485 e. The third-order valence-corrected chi connectivity index (χ3v) is 6.25. The van der Waals surface area contributed by atoms with Gasteiger partial charge < -0.3 is 14.5 Å². The van der Waals surface area contributed by atoms with Crippen molar-refractivity contribution in [1.29, 1.82) is 0 Å². The normalized spacial score (nSPS) is 11.1. The second-order valence-corrected chi connectivity index (χ2v) is 9.68. The van der Waals surface area contributed by atoms with E-state index in [1.165, 1.54) is 0 Å². The minimum atomic E-state index is -0.348. The summed E-state index contributed by atoms with van der Waals surface area (Å²) >= 11 is 9.70. The topological polar surface area (TPSA) is 69.3 Å². The van der Waals surface area contributed by atoms with Crippen molar-refractivity contribution >= 4 is 39.1 Å². The fraction of sp³-hybridized carbons (Fsp3) is 0.231. The van der Waals surface area contributed by atoms with Crippen LogP contribution in [0.1, 0.15) is 52.8 Å². The van der Waals surface area contributed by atoms with Gasteiger partial charge in [0.2, 0.25) is 0 Å². The minimum absolute atomic E-state index is 0.204. The number of nitrogens with zero attached hydrogens (tertiary/aromatic N) is 2. The Balaban J connectivity index is 1.36. The van der Waals surface area contributed by atoms with Gasteiger partial charge in [-0.15, -0.1) is 0 Å². The van der Waals surface area contributed by atoms with Crippen molar-refractivity contribution in [3.63, 3.8) is 0 Å². The zero-order chi connectivity index (χ0) is 24.2. The lowest BCUT2D eigenvalue weighted by Crippen LogP contribution is -2.10. The van der Waals surface area contributed by atoms with Gasteiger partial charge in [0.25, 0.3) is 5.91 Å². The number of nitrogens with one attached hydrogen (secondary N) is 1. The summed E-state index contributed by atoms with van der Waals surface area (Å²) in [6, 6.07) is 15.3. The Hall–Kier alpha value is -3.03. The first-order valence-electron chi connectivity index (χ1n) is 10.9. The molecule has 0 aliphatic heterocycles. The highest BCUT2D eigenvalue weighted by Gasteiger charge is 2.15. The fourth-order valence-electron chi connectivity index (χ4n) is 3.46. The van der Waals surface area contributed by atoms with Gasteiger partial charge in [0.15, 0.2) is 5.76 Å². The Morgan fingerprint density at radius 2 is 1.97 bits per heavy atom. The number of rotatable bonds is 8. The largest absolute Gasteiger partial charge is 0.485 e. The molecule has 0 bridgehead atoms. The SMILES string of the molecule is Cc1cc(OCc2ccc(C(=O)Nc3cnn(Cc4ccc(Br)cc4)c3)o2)c(C(C)C)cc1Cl. The second-order valence-electron chi connectivity index (χ2n) is 8.36. The van der Waals surface area contributed by atoms with E-state index in [1.54, 1.807) is 29.2 Å². The summed E-state index contributed by atoms with van der Waals surface area (Å²) in [7, 11) is 0. The molecule has 2 aromatic carbocycles. The molecule has 4 rings (SSSR count). The number of carbonyl (C=O) groups excluding carboxylic acids is 1. The molecule has 176 valence electrons. The average Bonchev–Trinajstić information content (AvgIpc) is 3.45. The van der Waals surface area contributed by atoms with Crippen molar-refractivity contribution in [3.8, 4) is 5.75 Å². The maximum absolute atomic E-state index is 12.6. The molecule has 0 saturated carbocycles. The summed E-state index contributed by atoms with van der Waals surface area (Å²) in [5.41, 5.74) is 3.67. The number of halogens is 2. The molecule has 0 radical (unpaired) electrons. The molecule has 1 amide bonds. The van der Waals surface area contributed by atoms with Crippen molar-refractivity contribution < 1.29 is 13.9 Å². The van der Waals surface area contributed by atoms with Crippen LogP contribution in [-0.4, -0.2) is 15.7 Å². The monoisotopic (exact) mass is 541 g/mol. The summed E-state index contributed by atoms with van der Waals surface area (Å²) in [5, 5.41) is 7.85. The van der Waals surface area contributed by atoms with Crippen LogP contribution in [0.25, 0.3) is 0 Å². The van der Waals surface area contributed by atoms with Gasteiger partial charge in [-0.25, -0.2) is 0 Å². The number of ether oxygens (including phenoxy) is 1. The quantitative estimate of drug-likeness (QED) is 0.255. The van der Waals surface area contributed by atoms with E-state index in [0.717, 1.165) is 26.9 Å². The number of furan rings is 1. The fourth-order valence-corrected chi connectivity index (χ4v) is 3.89. The van der Waals surface area contributed by atoms with Crippen LogP contribution in [0.5, 0.6) is 5.75 Å². The van der Waals surface area contributed by atoms with Crippen LogP contribution in [0, 0.1) is 6.92 Å². The molecule has 6 nitrogen and oxygen atoms in total. The van der Waals surface area contributed by atoms with Crippen LogP contribution in [0.15, 0.2) is 69.8 Å². The number of benzene rings is 2. The van der Waals surface area contributed by atoms with Crippen LogP contribution in [0.3, 0.4) is 0 Å². The molecule has 0 aliphatic carbocycles. The van der Waals surface area contributed by atoms with Crippen molar-refractivity contribution in [2.24, 2.45) is 0 Å². The van der Waals surface area contributed by atoms with Gasteiger partial charge in [0.05, 0.1) is 18.4 Å². The number of hydrogen-bond acceptors (Lipinski definition) is 4. The number of anilines is 1. The van der Waals surface area contributed by atoms with Gasteiger partial charge in [0.1, 0.15) is 18.1 Å². The van der Waals surface area contributed by atoms with Crippen molar-refractivity contribution in [2.75, 3.05) is 5.32 Å². The van der Waals surface area contributed by atoms with E-state index in [0.29, 0.717) is 23.0 Å². The molecule has 0 fully saturated rings. The molecule has 0 unspecified atom stereocenters. The molecular weight excluding hydrogens is 518 g/mol. The van der Waals surface area contributed by atoms with Gasteiger partial charge in [-0.1, -0.05) is 53.5 Å². The lowest BCUT2D eigenvalue weighted by molar-refractivity contribution is 0.0992. The zero-order valence-electron chi connectivity index (χ0n) is 19.1. The van der Waals surface area contributed by atoms with Crippen LogP contribution in [0.2, 0.25) is 5.02 Å². The molecule has 0 spiro atoms. The highest BCUT2D eigenvalue weighted by Crippen LogP contribution is 2.32. The second kappa shape index (κ2) is 10.5. The smallest absolute Gasteiger partial charge is 0.291 e. The Labute approximate surface area is 212 Å². The first-order valence-corrected chi connectivity index (χ1v) is 12.1. The number of carbonyl (C=O) groups is 1. The van der Waals surface area contributed by atoms with Gasteiger partial charge in [0, 0.05) is 15.7 Å². The first kappa shape index (κ1) is 24.1. The molecule has 2 aromatic heterocycles. The molecule has 8 heteroatoms. The Kier molecular flexibility index (Phi) is 7.44. The summed E-state index contributed by atoms with van der Waals surface area (Å²) in [6.45, 7) is 6.93. The van der Waals surface area contributed by atoms with Crippen LogP contribution < -0.4 is 10.1 Å². The third-order valence-electron chi connectivity index (χ3n) is 5.32. The Bertz CT molecular complexity index is 1300. The lowest BCUT2D eigenvalue weighted by atomic mass is 10.0. The van der Waals surface area contributed by atoms with E-state index in [1.807, 2.05) is 43.3 Å². The third kappa shape index (κ3) is 5.90. The molecular formula is C26H25BrClN3O3. The molecule has 4 aromatic rings.